The smallest absolute Gasteiger partial charge is 0.408 e. The number of ketones is 2. The lowest BCUT2D eigenvalue weighted by molar-refractivity contribution is -0.144. The molecule has 2 N–H and O–H groups in total. The molecular formula is C22H37NO6. The lowest BCUT2D eigenvalue weighted by Gasteiger charge is -2.31. The van der Waals surface area contributed by atoms with Crippen molar-refractivity contribution in [2.24, 2.45) is 17.8 Å². The van der Waals surface area contributed by atoms with E-state index >= 15 is 0 Å². The molecule has 1 amide bonds. The van der Waals surface area contributed by atoms with Crippen LogP contribution in [0.2, 0.25) is 0 Å². The summed E-state index contributed by atoms with van der Waals surface area (Å²) in [7, 11) is 0. The zero-order valence-corrected chi connectivity index (χ0v) is 18.5. The average Bonchev–Trinajstić information content (AvgIpc) is 2.62. The van der Waals surface area contributed by atoms with Gasteiger partial charge >= 0.3 is 12.1 Å². The van der Waals surface area contributed by atoms with Crippen molar-refractivity contribution in [2.75, 3.05) is 0 Å². The van der Waals surface area contributed by atoms with E-state index in [0.29, 0.717) is 6.42 Å². The number of amides is 1. The Balaban J connectivity index is 2.80. The molecule has 1 aliphatic carbocycles. The van der Waals surface area contributed by atoms with Crippen molar-refractivity contribution in [3.05, 3.63) is 0 Å². The summed E-state index contributed by atoms with van der Waals surface area (Å²) < 4.78 is 5.32. The summed E-state index contributed by atoms with van der Waals surface area (Å²) in [5.74, 6) is -2.68. The van der Waals surface area contributed by atoms with Gasteiger partial charge in [0, 0.05) is 18.8 Å². The number of alkyl carbamates (subject to hydrolysis) is 1. The third kappa shape index (κ3) is 8.96. The van der Waals surface area contributed by atoms with Gasteiger partial charge in [-0.15, -0.1) is 0 Å². The van der Waals surface area contributed by atoms with Gasteiger partial charge in [0.15, 0.2) is 5.78 Å². The van der Waals surface area contributed by atoms with Gasteiger partial charge in [0.25, 0.3) is 0 Å². The van der Waals surface area contributed by atoms with E-state index in [0.717, 1.165) is 32.1 Å². The summed E-state index contributed by atoms with van der Waals surface area (Å²) in [4.78, 5) is 48.9. The molecule has 0 heterocycles. The molecule has 7 heteroatoms. The standard InChI is InChI=1S/C22H37NO6/c1-6-15(20(26)27)13-17(24)14(2)12-18(25)19(16-10-8-7-9-11-16)23-21(28)29-22(3,4)5/h14-16,19H,6-13H2,1-5H3,(H,23,28)(H,26,27). The van der Waals surface area contributed by atoms with Crippen LogP contribution in [-0.2, 0) is 19.1 Å². The van der Waals surface area contributed by atoms with Crippen molar-refractivity contribution in [1.82, 2.24) is 5.32 Å². The molecule has 0 radical (unpaired) electrons. The maximum atomic E-state index is 13.0. The molecule has 1 saturated carbocycles. The van der Waals surface area contributed by atoms with Gasteiger partial charge in [0.05, 0.1) is 12.0 Å². The second-order valence-electron chi connectivity index (χ2n) is 9.21. The van der Waals surface area contributed by atoms with Crippen LogP contribution in [0.15, 0.2) is 0 Å². The van der Waals surface area contributed by atoms with Crippen LogP contribution in [0.3, 0.4) is 0 Å². The Morgan fingerprint density at radius 2 is 1.62 bits per heavy atom. The quantitative estimate of drug-likeness (QED) is 0.559. The summed E-state index contributed by atoms with van der Waals surface area (Å²) in [5.41, 5.74) is -0.667. The van der Waals surface area contributed by atoms with Gasteiger partial charge in [-0.05, 0) is 46.0 Å². The first kappa shape index (κ1) is 25.1. The Morgan fingerprint density at radius 1 is 1.03 bits per heavy atom. The second-order valence-corrected chi connectivity index (χ2v) is 9.21. The first-order chi connectivity index (χ1) is 13.4. The van der Waals surface area contributed by atoms with Gasteiger partial charge in [-0.1, -0.05) is 33.1 Å². The number of ether oxygens (including phenoxy) is 1. The minimum absolute atomic E-state index is 0.00808. The lowest BCUT2D eigenvalue weighted by atomic mass is 9.80. The summed E-state index contributed by atoms with van der Waals surface area (Å²) >= 11 is 0. The third-order valence-corrected chi connectivity index (χ3v) is 5.49. The molecule has 0 bridgehead atoms. The molecule has 0 aliphatic heterocycles. The molecule has 1 aliphatic rings. The van der Waals surface area contributed by atoms with E-state index in [-0.39, 0.29) is 30.3 Å². The van der Waals surface area contributed by atoms with Crippen molar-refractivity contribution in [1.29, 1.82) is 0 Å². The fourth-order valence-corrected chi connectivity index (χ4v) is 3.76. The Hall–Kier alpha value is -1.92. The van der Waals surface area contributed by atoms with E-state index in [1.807, 2.05) is 0 Å². The third-order valence-electron chi connectivity index (χ3n) is 5.49. The Morgan fingerprint density at radius 3 is 2.10 bits per heavy atom. The topological polar surface area (TPSA) is 110 Å². The van der Waals surface area contributed by atoms with Crippen LogP contribution >= 0.6 is 0 Å². The fraction of sp³-hybridized carbons (Fsp3) is 0.818. The number of aliphatic carboxylic acids is 1. The molecule has 0 aromatic rings. The molecule has 3 unspecified atom stereocenters. The van der Waals surface area contributed by atoms with E-state index in [4.69, 9.17) is 9.84 Å². The van der Waals surface area contributed by atoms with Crippen LogP contribution in [0.4, 0.5) is 4.79 Å². The average molecular weight is 412 g/mol. The van der Waals surface area contributed by atoms with E-state index in [1.54, 1.807) is 34.6 Å². The number of carboxylic acid groups (broad SMARTS) is 1. The highest BCUT2D eigenvalue weighted by atomic mass is 16.6. The number of carbonyl (C=O) groups is 4. The highest BCUT2D eigenvalue weighted by Crippen LogP contribution is 2.28. The van der Waals surface area contributed by atoms with Crippen molar-refractivity contribution < 1.29 is 29.0 Å². The Kier molecular flexibility index (Phi) is 9.80. The fourth-order valence-electron chi connectivity index (χ4n) is 3.76. The number of hydrogen-bond acceptors (Lipinski definition) is 5. The monoisotopic (exact) mass is 411 g/mol. The molecule has 3 atom stereocenters. The van der Waals surface area contributed by atoms with Gasteiger partial charge in [-0.25, -0.2) is 4.79 Å². The number of rotatable bonds is 10. The number of Topliss-reactive ketones (excluding diaryl/α,β-unsaturated/α-hetero) is 2. The zero-order chi connectivity index (χ0) is 22.2. The van der Waals surface area contributed by atoms with Gasteiger partial charge in [-0.2, -0.15) is 0 Å². The normalized spacial score (nSPS) is 18.4. The number of nitrogens with one attached hydrogen (secondary N) is 1. The van der Waals surface area contributed by atoms with Gasteiger partial charge < -0.3 is 15.2 Å². The lowest BCUT2D eigenvalue weighted by Crippen LogP contribution is -2.48. The van der Waals surface area contributed by atoms with Crippen LogP contribution in [-0.4, -0.2) is 40.4 Å². The first-order valence-corrected chi connectivity index (χ1v) is 10.7. The summed E-state index contributed by atoms with van der Waals surface area (Å²) in [6.45, 7) is 8.66. The van der Waals surface area contributed by atoms with E-state index in [2.05, 4.69) is 5.32 Å². The molecular weight excluding hydrogens is 374 g/mol. The Bertz CT molecular complexity index is 589. The predicted molar refractivity (Wildman–Crippen MR) is 110 cm³/mol. The molecule has 166 valence electrons. The molecule has 1 rings (SSSR count). The molecule has 1 fully saturated rings. The highest BCUT2D eigenvalue weighted by molar-refractivity contribution is 5.93. The van der Waals surface area contributed by atoms with E-state index in [1.165, 1.54) is 0 Å². The summed E-state index contributed by atoms with van der Waals surface area (Å²) in [6.07, 6.45) is 4.50. The highest BCUT2D eigenvalue weighted by Gasteiger charge is 2.34. The Labute approximate surface area is 174 Å². The van der Waals surface area contributed by atoms with Gasteiger partial charge in [0.2, 0.25) is 0 Å². The molecule has 0 saturated heterocycles. The van der Waals surface area contributed by atoms with Crippen molar-refractivity contribution in [3.63, 3.8) is 0 Å². The van der Waals surface area contributed by atoms with Crippen LogP contribution in [0.5, 0.6) is 0 Å². The zero-order valence-electron chi connectivity index (χ0n) is 18.5. The molecule has 0 aromatic carbocycles. The van der Waals surface area contributed by atoms with Crippen LogP contribution in [0, 0.1) is 17.8 Å². The minimum atomic E-state index is -0.994. The minimum Gasteiger partial charge on any atom is -0.481 e. The largest absolute Gasteiger partial charge is 0.481 e. The molecule has 0 aromatic heterocycles. The number of carboxylic acids is 1. The summed E-state index contributed by atoms with van der Waals surface area (Å²) in [6, 6.07) is -0.679. The van der Waals surface area contributed by atoms with E-state index in [9.17, 15) is 19.2 Å². The van der Waals surface area contributed by atoms with Crippen molar-refractivity contribution in [3.8, 4) is 0 Å². The number of carbonyl (C=O) groups excluding carboxylic acids is 3. The van der Waals surface area contributed by atoms with Gasteiger partial charge in [-0.3, -0.25) is 14.4 Å². The maximum absolute atomic E-state index is 13.0. The first-order valence-electron chi connectivity index (χ1n) is 10.7. The molecule has 7 nitrogen and oxygen atoms in total. The van der Waals surface area contributed by atoms with Crippen molar-refractivity contribution >= 4 is 23.6 Å². The number of hydrogen-bond donors (Lipinski definition) is 2. The van der Waals surface area contributed by atoms with Crippen molar-refractivity contribution in [2.45, 2.75) is 97.6 Å². The van der Waals surface area contributed by atoms with Crippen LogP contribution < -0.4 is 5.32 Å². The van der Waals surface area contributed by atoms with Crippen LogP contribution in [0.25, 0.3) is 0 Å². The summed E-state index contributed by atoms with van der Waals surface area (Å²) in [5, 5.41) is 11.9. The predicted octanol–water partition coefficient (Wildman–Crippen LogP) is 4.13. The van der Waals surface area contributed by atoms with Gasteiger partial charge in [0.1, 0.15) is 11.4 Å². The molecule has 29 heavy (non-hydrogen) atoms. The molecule has 0 spiro atoms. The SMILES string of the molecule is CCC(CC(=O)C(C)CC(=O)C(NC(=O)OC(C)(C)C)C1CCCCC1)C(=O)O. The van der Waals surface area contributed by atoms with E-state index < -0.39 is 35.5 Å². The second kappa shape index (κ2) is 11.3. The maximum Gasteiger partial charge on any atom is 0.408 e. The van der Waals surface area contributed by atoms with Crippen LogP contribution in [0.1, 0.15) is 86.0 Å².